The minimum atomic E-state index is -0.943. The molecule has 0 aliphatic carbocycles. The highest BCUT2D eigenvalue weighted by Gasteiger charge is 2.25. The van der Waals surface area contributed by atoms with E-state index < -0.39 is 35.8 Å². The summed E-state index contributed by atoms with van der Waals surface area (Å²) in [6.07, 6.45) is 0.941. The summed E-state index contributed by atoms with van der Waals surface area (Å²) < 4.78 is 0. The van der Waals surface area contributed by atoms with Crippen molar-refractivity contribution in [2.24, 2.45) is 11.8 Å². The second-order valence-corrected chi connectivity index (χ2v) is 12.8. The Morgan fingerprint density at radius 3 is 1.15 bits per heavy atom. The van der Waals surface area contributed by atoms with Crippen molar-refractivity contribution in [1.29, 1.82) is 0 Å². The Morgan fingerprint density at radius 1 is 0.413 bits per heavy atom. The normalized spacial score (nSPS) is 13.5. The number of rotatable bonds is 25. The van der Waals surface area contributed by atoms with Gasteiger partial charge in [-0.25, -0.2) is 0 Å². The summed E-state index contributed by atoms with van der Waals surface area (Å²) in [5.74, 6) is -2.68. The third-order valence-corrected chi connectivity index (χ3v) is 6.95. The van der Waals surface area contributed by atoms with Gasteiger partial charge in [-0.3, -0.25) is 33.6 Å². The van der Waals surface area contributed by atoms with Gasteiger partial charge < -0.3 is 30.9 Å². The molecule has 0 aliphatic rings. The zero-order valence-electron chi connectivity index (χ0n) is 28.5. The third-order valence-electron chi connectivity index (χ3n) is 6.95. The Bertz CT molecular complexity index is 1090. The van der Waals surface area contributed by atoms with Gasteiger partial charge in [-0.15, -0.1) is 0 Å². The van der Waals surface area contributed by atoms with Crippen LogP contribution in [0.1, 0.15) is 119 Å². The molecular weight excluding hydrogens is 596 g/mol. The molecule has 4 unspecified atom stereocenters. The van der Waals surface area contributed by atoms with E-state index in [4.69, 9.17) is 0 Å². The second-order valence-electron chi connectivity index (χ2n) is 12.8. The molecule has 0 aromatic heterocycles. The first-order valence-corrected chi connectivity index (χ1v) is 16.0. The predicted molar refractivity (Wildman–Crippen MR) is 171 cm³/mol. The first kappa shape index (κ1) is 42.2. The van der Waals surface area contributed by atoms with E-state index in [2.05, 4.69) is 21.3 Å². The van der Waals surface area contributed by atoms with E-state index in [1.165, 1.54) is 34.6 Å². The molecule has 13 heteroatoms. The molecule has 0 saturated carbocycles. The van der Waals surface area contributed by atoms with Crippen molar-refractivity contribution in [2.75, 3.05) is 6.54 Å². The van der Waals surface area contributed by atoms with E-state index in [0.29, 0.717) is 25.8 Å². The van der Waals surface area contributed by atoms with E-state index in [1.54, 1.807) is 6.92 Å². The van der Waals surface area contributed by atoms with Gasteiger partial charge in [-0.1, -0.05) is 13.8 Å². The maximum atomic E-state index is 13.1. The predicted octanol–water partition coefficient (Wildman–Crippen LogP) is 2.07. The van der Waals surface area contributed by atoms with Gasteiger partial charge in [0.2, 0.25) is 23.6 Å². The van der Waals surface area contributed by atoms with Crippen LogP contribution in [0.5, 0.6) is 0 Å². The summed E-state index contributed by atoms with van der Waals surface area (Å²) in [6, 6.07) is -2.21. The first-order chi connectivity index (χ1) is 21.4. The van der Waals surface area contributed by atoms with Gasteiger partial charge in [0.05, 0.1) is 0 Å². The summed E-state index contributed by atoms with van der Waals surface area (Å²) in [7, 11) is 0. The highest BCUT2D eigenvalue weighted by Crippen LogP contribution is 2.11. The zero-order valence-corrected chi connectivity index (χ0v) is 28.5. The van der Waals surface area contributed by atoms with Crippen molar-refractivity contribution in [1.82, 2.24) is 21.3 Å². The van der Waals surface area contributed by atoms with Crippen molar-refractivity contribution in [3.63, 3.8) is 0 Å². The molecule has 0 spiro atoms. The fraction of sp³-hybridized carbons (Fsp3) is 0.727. The van der Waals surface area contributed by atoms with Crippen LogP contribution in [0.15, 0.2) is 0 Å². The van der Waals surface area contributed by atoms with Crippen molar-refractivity contribution >= 4 is 52.5 Å². The standard InChI is InChI=1S/C33H54N4O9/c1-20(11-22(3)38)13-30(43)34-10-8-9-27(15-24(5)40)35-32(45)18-29(37-31(44)14-21(2)12-23(4)39)19-33(46)36-28(16-25(6)41)17-26(7)42/h20-21,27-29H,8-19H2,1-7H3,(H,34,43)(H,35,45)(H,36,46)(H,37,44). The van der Waals surface area contributed by atoms with Gasteiger partial charge in [0.15, 0.2) is 0 Å². The van der Waals surface area contributed by atoms with Crippen LogP contribution < -0.4 is 21.3 Å². The molecule has 0 rings (SSSR count). The number of hydrogen-bond donors (Lipinski definition) is 4. The molecule has 0 radical (unpaired) electrons. The van der Waals surface area contributed by atoms with Crippen molar-refractivity contribution in [3.8, 4) is 0 Å². The molecule has 4 N–H and O–H groups in total. The number of carbonyl (C=O) groups is 9. The van der Waals surface area contributed by atoms with E-state index in [9.17, 15) is 43.2 Å². The Hall–Kier alpha value is -3.77. The van der Waals surface area contributed by atoms with Crippen LogP contribution in [-0.4, -0.2) is 77.2 Å². The fourth-order valence-corrected chi connectivity index (χ4v) is 5.33. The number of hydrogen-bond acceptors (Lipinski definition) is 9. The third kappa shape index (κ3) is 23.6. The van der Waals surface area contributed by atoms with Gasteiger partial charge in [-0.2, -0.15) is 0 Å². The number of carbonyl (C=O) groups excluding carboxylic acids is 9. The molecule has 0 fully saturated rings. The molecule has 0 aromatic rings. The highest BCUT2D eigenvalue weighted by atomic mass is 16.2. The van der Waals surface area contributed by atoms with E-state index in [0.717, 1.165) is 0 Å². The van der Waals surface area contributed by atoms with E-state index in [-0.39, 0.29) is 98.0 Å². The van der Waals surface area contributed by atoms with Crippen LogP contribution >= 0.6 is 0 Å². The fourth-order valence-electron chi connectivity index (χ4n) is 5.33. The first-order valence-electron chi connectivity index (χ1n) is 16.0. The van der Waals surface area contributed by atoms with E-state index in [1.807, 2.05) is 6.92 Å². The SMILES string of the molecule is CC(=O)CC(C)CC(=O)NCCCC(CC(C)=O)NC(=O)CC(CC(=O)NC(CC(C)=O)CC(C)=O)NC(=O)CC(C)CC(C)=O. The smallest absolute Gasteiger partial charge is 0.222 e. The van der Waals surface area contributed by atoms with Gasteiger partial charge in [0.25, 0.3) is 0 Å². The van der Waals surface area contributed by atoms with E-state index >= 15 is 0 Å². The van der Waals surface area contributed by atoms with Crippen molar-refractivity contribution < 1.29 is 43.2 Å². The lowest BCUT2D eigenvalue weighted by Crippen LogP contribution is -2.46. The molecule has 260 valence electrons. The largest absolute Gasteiger partial charge is 0.356 e. The highest BCUT2D eigenvalue weighted by molar-refractivity contribution is 5.86. The summed E-state index contributed by atoms with van der Waals surface area (Å²) in [5.41, 5.74) is 0. The molecule has 13 nitrogen and oxygen atoms in total. The summed E-state index contributed by atoms with van der Waals surface area (Å²) in [5, 5.41) is 10.9. The van der Waals surface area contributed by atoms with Gasteiger partial charge in [-0.05, 0) is 59.3 Å². The molecule has 0 aliphatic heterocycles. The molecule has 46 heavy (non-hydrogen) atoms. The molecular formula is C33H54N4O9. The topological polar surface area (TPSA) is 202 Å². The summed E-state index contributed by atoms with van der Waals surface area (Å²) in [6.45, 7) is 10.9. The maximum Gasteiger partial charge on any atom is 0.222 e. The number of amides is 4. The Morgan fingerprint density at radius 2 is 0.739 bits per heavy atom. The van der Waals surface area contributed by atoms with Crippen molar-refractivity contribution in [2.45, 2.75) is 137 Å². The molecule has 4 amide bonds. The van der Waals surface area contributed by atoms with Crippen LogP contribution in [0.25, 0.3) is 0 Å². The monoisotopic (exact) mass is 650 g/mol. The molecule has 0 saturated heterocycles. The minimum absolute atomic E-state index is 0.00281. The molecule has 0 heterocycles. The Labute approximate surface area is 272 Å². The number of nitrogens with one attached hydrogen (secondary N) is 4. The van der Waals surface area contributed by atoms with Gasteiger partial charge in [0.1, 0.15) is 28.9 Å². The zero-order chi connectivity index (χ0) is 35.4. The van der Waals surface area contributed by atoms with Gasteiger partial charge in [0, 0.05) is 82.5 Å². The quantitative estimate of drug-likeness (QED) is 0.107. The van der Waals surface area contributed by atoms with Crippen LogP contribution in [0.2, 0.25) is 0 Å². The van der Waals surface area contributed by atoms with Crippen LogP contribution in [-0.2, 0) is 43.2 Å². The summed E-state index contributed by atoms with van der Waals surface area (Å²) >= 11 is 0. The lowest BCUT2D eigenvalue weighted by atomic mass is 10.00. The number of Topliss-reactive ketones (excluding diaryl/α,β-unsaturated/α-hetero) is 5. The average molecular weight is 651 g/mol. The van der Waals surface area contributed by atoms with Crippen molar-refractivity contribution in [3.05, 3.63) is 0 Å². The maximum absolute atomic E-state index is 13.1. The second kappa shape index (κ2) is 22.7. The van der Waals surface area contributed by atoms with Gasteiger partial charge >= 0.3 is 0 Å². The lowest BCUT2D eigenvalue weighted by Gasteiger charge is -2.23. The molecule has 0 aromatic carbocycles. The summed E-state index contributed by atoms with van der Waals surface area (Å²) in [4.78, 5) is 109. The van der Waals surface area contributed by atoms with Crippen LogP contribution in [0.4, 0.5) is 0 Å². The Kier molecular flexibility index (Phi) is 20.8. The molecule has 4 atom stereocenters. The van der Waals surface area contributed by atoms with Crippen LogP contribution in [0.3, 0.4) is 0 Å². The number of ketones is 5. The van der Waals surface area contributed by atoms with Crippen LogP contribution in [0, 0.1) is 11.8 Å². The average Bonchev–Trinajstić information content (AvgIpc) is 2.83. The lowest BCUT2D eigenvalue weighted by molar-refractivity contribution is -0.127. The Balaban J connectivity index is 5.43. The minimum Gasteiger partial charge on any atom is -0.356 e. The molecule has 0 bridgehead atoms.